The zero-order chi connectivity index (χ0) is 17.1. The van der Waals surface area contributed by atoms with Crippen molar-refractivity contribution in [3.05, 3.63) is 72.2 Å². The van der Waals surface area contributed by atoms with Crippen molar-refractivity contribution >= 4 is 11.6 Å². The van der Waals surface area contributed by atoms with Crippen LogP contribution in [0.3, 0.4) is 0 Å². The first kappa shape index (κ1) is 15.1. The Morgan fingerprint density at radius 1 is 1.08 bits per heavy atom. The van der Waals surface area contributed by atoms with Crippen LogP contribution < -0.4 is 19.5 Å². The van der Waals surface area contributed by atoms with Gasteiger partial charge in [-0.1, -0.05) is 12.1 Å². The summed E-state index contributed by atoms with van der Waals surface area (Å²) in [6.07, 6.45) is 2.87. The van der Waals surface area contributed by atoms with Crippen molar-refractivity contribution in [2.75, 3.05) is 12.1 Å². The Morgan fingerprint density at radius 3 is 2.88 bits per heavy atom. The molecule has 0 unspecified atom stereocenters. The summed E-state index contributed by atoms with van der Waals surface area (Å²) in [7, 11) is 0. The molecule has 0 aliphatic carbocycles. The van der Waals surface area contributed by atoms with Crippen LogP contribution >= 0.6 is 0 Å². The van der Waals surface area contributed by atoms with Crippen molar-refractivity contribution in [1.29, 1.82) is 0 Å². The Balaban J connectivity index is 1.40. The van der Waals surface area contributed by atoms with E-state index in [1.807, 2.05) is 36.4 Å². The predicted octanol–water partition coefficient (Wildman–Crippen LogP) is 3.84. The Kier molecular flexibility index (Phi) is 4.00. The number of hydrogen-bond acceptors (Lipinski definition) is 5. The summed E-state index contributed by atoms with van der Waals surface area (Å²) in [5.41, 5.74) is 2.10. The number of nitrogens with one attached hydrogen (secondary N) is 1. The van der Waals surface area contributed by atoms with Gasteiger partial charge < -0.3 is 23.9 Å². The maximum absolute atomic E-state index is 12.0. The van der Waals surface area contributed by atoms with Gasteiger partial charge in [0.25, 0.3) is 5.91 Å². The first-order chi connectivity index (χ1) is 12.3. The molecule has 0 fully saturated rings. The average Bonchev–Trinajstić information content (AvgIpc) is 3.31. The second kappa shape index (κ2) is 6.60. The third-order valence-corrected chi connectivity index (χ3v) is 3.72. The van der Waals surface area contributed by atoms with Gasteiger partial charge in [0.05, 0.1) is 11.8 Å². The first-order valence-corrected chi connectivity index (χ1v) is 7.73. The lowest BCUT2D eigenvalue weighted by Gasteiger charge is -2.09. The van der Waals surface area contributed by atoms with Crippen LogP contribution in [-0.4, -0.2) is 12.7 Å². The molecule has 6 nitrogen and oxygen atoms in total. The van der Waals surface area contributed by atoms with Gasteiger partial charge in [0.15, 0.2) is 11.5 Å². The molecule has 1 aliphatic heterocycles. The van der Waals surface area contributed by atoms with Crippen LogP contribution in [0.1, 0.15) is 15.9 Å². The molecule has 1 aromatic heterocycles. The van der Waals surface area contributed by atoms with Gasteiger partial charge in [-0.15, -0.1) is 0 Å². The normalized spacial score (nSPS) is 12.0. The molecule has 25 heavy (non-hydrogen) atoms. The van der Waals surface area contributed by atoms with Crippen LogP contribution in [-0.2, 0) is 6.61 Å². The van der Waals surface area contributed by atoms with Crippen molar-refractivity contribution < 1.29 is 23.4 Å². The molecule has 4 rings (SSSR count). The molecule has 1 N–H and O–H groups in total. The van der Waals surface area contributed by atoms with E-state index in [0.29, 0.717) is 29.4 Å². The van der Waals surface area contributed by atoms with Gasteiger partial charge in [-0.25, -0.2) is 0 Å². The van der Waals surface area contributed by atoms with Crippen LogP contribution in [0.5, 0.6) is 17.2 Å². The number of ether oxygens (including phenoxy) is 3. The average molecular weight is 337 g/mol. The van der Waals surface area contributed by atoms with Crippen LogP contribution in [0.4, 0.5) is 5.69 Å². The quantitative estimate of drug-likeness (QED) is 0.766. The highest BCUT2D eigenvalue weighted by Gasteiger charge is 2.13. The third-order valence-electron chi connectivity index (χ3n) is 3.72. The molecule has 3 aromatic rings. The number of fused-ring (bicyclic) bond motifs is 1. The topological polar surface area (TPSA) is 69.9 Å². The molecule has 0 atom stereocenters. The van der Waals surface area contributed by atoms with E-state index in [4.69, 9.17) is 18.6 Å². The molecule has 0 spiro atoms. The van der Waals surface area contributed by atoms with Crippen LogP contribution in [0, 0.1) is 0 Å². The number of anilines is 1. The van der Waals surface area contributed by atoms with Gasteiger partial charge in [-0.05, 0) is 35.9 Å². The standard InChI is InChI=1S/C19H15NO5/c21-19(14-6-7-22-11-14)20-15-3-1-2-13(8-15)10-23-16-4-5-17-18(9-16)25-12-24-17/h1-9,11H,10,12H2,(H,20,21). The van der Waals surface area contributed by atoms with E-state index in [9.17, 15) is 4.79 Å². The summed E-state index contributed by atoms with van der Waals surface area (Å²) in [6, 6.07) is 14.5. The molecule has 1 aliphatic rings. The maximum atomic E-state index is 12.0. The van der Waals surface area contributed by atoms with E-state index in [1.54, 1.807) is 12.1 Å². The Bertz CT molecular complexity index is 889. The summed E-state index contributed by atoms with van der Waals surface area (Å²) in [5, 5.41) is 2.83. The minimum absolute atomic E-state index is 0.220. The van der Waals surface area contributed by atoms with Gasteiger partial charge in [-0.3, -0.25) is 4.79 Å². The molecule has 126 valence electrons. The number of benzene rings is 2. The van der Waals surface area contributed by atoms with Gasteiger partial charge in [0, 0.05) is 11.8 Å². The molecular weight excluding hydrogens is 322 g/mol. The van der Waals surface area contributed by atoms with Crippen molar-refractivity contribution in [2.24, 2.45) is 0 Å². The lowest BCUT2D eigenvalue weighted by molar-refractivity contribution is 0.102. The second-order valence-electron chi connectivity index (χ2n) is 5.47. The molecule has 1 amide bonds. The molecule has 0 radical (unpaired) electrons. The maximum Gasteiger partial charge on any atom is 0.258 e. The van der Waals surface area contributed by atoms with Crippen molar-refractivity contribution in [3.63, 3.8) is 0 Å². The van der Waals surface area contributed by atoms with Crippen molar-refractivity contribution in [1.82, 2.24) is 0 Å². The third kappa shape index (κ3) is 3.42. The monoisotopic (exact) mass is 337 g/mol. The Hall–Kier alpha value is -3.41. The minimum atomic E-state index is -0.220. The Morgan fingerprint density at radius 2 is 2.00 bits per heavy atom. The lowest BCUT2D eigenvalue weighted by atomic mass is 10.2. The summed E-state index contributed by atoms with van der Waals surface area (Å²) in [4.78, 5) is 12.0. The minimum Gasteiger partial charge on any atom is -0.489 e. The highest BCUT2D eigenvalue weighted by atomic mass is 16.7. The summed E-state index contributed by atoms with van der Waals surface area (Å²) in [5.74, 6) is 1.87. The number of amides is 1. The van der Waals surface area contributed by atoms with E-state index in [1.165, 1.54) is 12.5 Å². The number of carbonyl (C=O) groups excluding carboxylic acids is 1. The molecule has 2 aromatic carbocycles. The second-order valence-corrected chi connectivity index (χ2v) is 5.47. The summed E-state index contributed by atoms with van der Waals surface area (Å²) < 4.78 is 21.3. The van der Waals surface area contributed by atoms with Gasteiger partial charge >= 0.3 is 0 Å². The van der Waals surface area contributed by atoms with Crippen LogP contribution in [0.15, 0.2) is 65.5 Å². The summed E-state index contributed by atoms with van der Waals surface area (Å²) in [6.45, 7) is 0.603. The molecule has 2 heterocycles. The molecule has 0 saturated heterocycles. The Labute approximate surface area is 143 Å². The molecular formula is C19H15NO5. The summed E-state index contributed by atoms with van der Waals surface area (Å²) >= 11 is 0. The van der Waals surface area contributed by atoms with Gasteiger partial charge in [0.1, 0.15) is 18.6 Å². The van der Waals surface area contributed by atoms with E-state index in [-0.39, 0.29) is 12.7 Å². The van der Waals surface area contributed by atoms with Crippen LogP contribution in [0.2, 0.25) is 0 Å². The molecule has 6 heteroatoms. The van der Waals surface area contributed by atoms with Gasteiger partial charge in [-0.2, -0.15) is 0 Å². The fourth-order valence-electron chi connectivity index (χ4n) is 2.47. The van der Waals surface area contributed by atoms with Crippen molar-refractivity contribution in [2.45, 2.75) is 6.61 Å². The largest absolute Gasteiger partial charge is 0.489 e. The van der Waals surface area contributed by atoms with E-state index in [2.05, 4.69) is 5.32 Å². The van der Waals surface area contributed by atoms with Gasteiger partial charge in [0.2, 0.25) is 6.79 Å². The smallest absolute Gasteiger partial charge is 0.258 e. The zero-order valence-corrected chi connectivity index (χ0v) is 13.2. The zero-order valence-electron chi connectivity index (χ0n) is 13.2. The number of carbonyl (C=O) groups is 1. The number of hydrogen-bond donors (Lipinski definition) is 1. The highest BCUT2D eigenvalue weighted by Crippen LogP contribution is 2.35. The first-order valence-electron chi connectivity index (χ1n) is 7.73. The SMILES string of the molecule is O=C(Nc1cccc(COc2ccc3c(c2)OCO3)c1)c1ccoc1. The molecule has 0 saturated carbocycles. The van der Waals surface area contributed by atoms with E-state index >= 15 is 0 Å². The van der Waals surface area contributed by atoms with E-state index in [0.717, 1.165) is 11.3 Å². The number of rotatable bonds is 5. The lowest BCUT2D eigenvalue weighted by Crippen LogP contribution is -2.11. The fraction of sp³-hybridized carbons (Fsp3) is 0.105. The fourth-order valence-corrected chi connectivity index (χ4v) is 2.47. The van der Waals surface area contributed by atoms with Crippen molar-refractivity contribution in [3.8, 4) is 17.2 Å². The van der Waals surface area contributed by atoms with Crippen LogP contribution in [0.25, 0.3) is 0 Å². The molecule has 0 bridgehead atoms. The van der Waals surface area contributed by atoms with E-state index < -0.39 is 0 Å². The predicted molar refractivity (Wildman–Crippen MR) is 90.0 cm³/mol. The number of furan rings is 1. The highest BCUT2D eigenvalue weighted by molar-refractivity contribution is 6.03.